The first-order valence-corrected chi connectivity index (χ1v) is 14.6. The van der Waals surface area contributed by atoms with E-state index in [9.17, 15) is 26.4 Å². The Hall–Kier alpha value is -3.04. The molecule has 0 aliphatic carbocycles. The summed E-state index contributed by atoms with van der Waals surface area (Å²) in [6.45, 7) is 2.21. The second-order valence-corrected chi connectivity index (χ2v) is 12.4. The van der Waals surface area contributed by atoms with Crippen LogP contribution in [0.4, 0.5) is 11.4 Å². The van der Waals surface area contributed by atoms with Crippen molar-refractivity contribution >= 4 is 43.2 Å². The van der Waals surface area contributed by atoms with Crippen molar-refractivity contribution in [2.45, 2.75) is 9.79 Å². The molecule has 0 saturated carbocycles. The lowest BCUT2D eigenvalue weighted by Crippen LogP contribution is -2.41. The molecule has 0 bridgehead atoms. The molecular formula is C23H26N4O8S2. The first-order chi connectivity index (χ1) is 17.7. The molecule has 0 atom stereocenters. The normalized spacial score (nSPS) is 20.1. The van der Waals surface area contributed by atoms with Gasteiger partial charge in [0.25, 0.3) is 15.9 Å². The molecule has 5 rings (SSSR count). The van der Waals surface area contributed by atoms with Crippen LogP contribution >= 0.6 is 0 Å². The summed E-state index contributed by atoms with van der Waals surface area (Å²) in [4.78, 5) is 27.6. The molecule has 3 aliphatic heterocycles. The molecule has 2 aromatic rings. The highest BCUT2D eigenvalue weighted by molar-refractivity contribution is 7.90. The molecular weight excluding hydrogens is 524 g/mol. The van der Waals surface area contributed by atoms with E-state index in [0.29, 0.717) is 36.3 Å². The maximum Gasteiger partial charge on any atom is 0.269 e. The molecule has 0 unspecified atom stereocenters. The molecule has 2 amide bonds. The zero-order valence-corrected chi connectivity index (χ0v) is 21.5. The maximum absolute atomic E-state index is 13.2. The number of benzene rings is 2. The lowest BCUT2D eigenvalue weighted by molar-refractivity contribution is -0.116. The predicted octanol–water partition coefficient (Wildman–Crippen LogP) is 0.327. The molecule has 3 heterocycles. The van der Waals surface area contributed by atoms with Crippen LogP contribution in [0.25, 0.3) is 0 Å². The van der Waals surface area contributed by atoms with Gasteiger partial charge in [0.2, 0.25) is 15.9 Å². The molecule has 37 heavy (non-hydrogen) atoms. The number of carbonyl (C=O) groups is 2. The van der Waals surface area contributed by atoms with E-state index in [1.54, 1.807) is 12.1 Å². The van der Waals surface area contributed by atoms with Gasteiger partial charge in [0.05, 0.1) is 48.3 Å². The van der Waals surface area contributed by atoms with Crippen molar-refractivity contribution in [3.63, 3.8) is 0 Å². The van der Waals surface area contributed by atoms with Crippen molar-refractivity contribution in [1.82, 2.24) is 8.61 Å². The Morgan fingerprint density at radius 3 is 2.27 bits per heavy atom. The number of ether oxygens (including phenoxy) is 2. The molecule has 198 valence electrons. The number of anilines is 2. The molecule has 2 fully saturated rings. The van der Waals surface area contributed by atoms with Crippen molar-refractivity contribution in [2.24, 2.45) is 0 Å². The molecule has 12 nitrogen and oxygen atoms in total. The van der Waals surface area contributed by atoms with Crippen LogP contribution in [0.2, 0.25) is 0 Å². The Bertz CT molecular complexity index is 1430. The van der Waals surface area contributed by atoms with E-state index in [-0.39, 0.29) is 47.3 Å². The monoisotopic (exact) mass is 550 g/mol. The van der Waals surface area contributed by atoms with Gasteiger partial charge in [-0.1, -0.05) is 12.1 Å². The predicted molar refractivity (Wildman–Crippen MR) is 132 cm³/mol. The van der Waals surface area contributed by atoms with E-state index in [2.05, 4.69) is 5.32 Å². The van der Waals surface area contributed by atoms with Crippen LogP contribution in [-0.2, 0) is 34.3 Å². The van der Waals surface area contributed by atoms with Gasteiger partial charge in [0.15, 0.2) is 0 Å². The van der Waals surface area contributed by atoms with Crippen molar-refractivity contribution < 1.29 is 35.9 Å². The number of rotatable bonds is 6. The summed E-state index contributed by atoms with van der Waals surface area (Å²) in [5.74, 6) is -1.57. The van der Waals surface area contributed by atoms with E-state index in [1.165, 1.54) is 34.6 Å². The SMILES string of the molecule is O=C(CN1C(=O)c2ccccc2S1(=O)=O)Nc1cc(S(=O)(=O)N2CCOCC2)ccc1N1CCOCC1. The van der Waals surface area contributed by atoms with Crippen molar-refractivity contribution in [3.8, 4) is 0 Å². The first kappa shape index (κ1) is 25.6. The lowest BCUT2D eigenvalue weighted by atomic mass is 10.2. The fourth-order valence-electron chi connectivity index (χ4n) is 4.50. The largest absolute Gasteiger partial charge is 0.379 e. The Balaban J connectivity index is 1.43. The Kier molecular flexibility index (Phi) is 6.93. The first-order valence-electron chi connectivity index (χ1n) is 11.7. The Labute approximate surface area is 214 Å². The summed E-state index contributed by atoms with van der Waals surface area (Å²) in [6, 6.07) is 10.2. The Morgan fingerprint density at radius 1 is 0.946 bits per heavy atom. The quantitative estimate of drug-likeness (QED) is 0.538. The van der Waals surface area contributed by atoms with Crippen molar-refractivity contribution in [1.29, 1.82) is 0 Å². The molecule has 0 aromatic heterocycles. The topological polar surface area (TPSA) is 143 Å². The van der Waals surface area contributed by atoms with Gasteiger partial charge in [0, 0.05) is 26.2 Å². The summed E-state index contributed by atoms with van der Waals surface area (Å²) < 4.78 is 64.7. The molecule has 2 aromatic carbocycles. The minimum absolute atomic E-state index is 0.00269. The van der Waals surface area contributed by atoms with Gasteiger partial charge < -0.3 is 19.7 Å². The molecule has 1 N–H and O–H groups in total. The van der Waals surface area contributed by atoms with Gasteiger partial charge in [-0.3, -0.25) is 9.59 Å². The molecule has 0 radical (unpaired) electrons. The summed E-state index contributed by atoms with van der Waals surface area (Å²) in [7, 11) is -8.03. The Morgan fingerprint density at radius 2 is 1.59 bits per heavy atom. The highest BCUT2D eigenvalue weighted by atomic mass is 32.2. The van der Waals surface area contributed by atoms with E-state index in [1.807, 2.05) is 4.90 Å². The van der Waals surface area contributed by atoms with Gasteiger partial charge in [0.1, 0.15) is 11.4 Å². The fraction of sp³-hybridized carbons (Fsp3) is 0.391. The summed E-state index contributed by atoms with van der Waals surface area (Å²) in [5, 5.41) is 2.65. The third-order valence-corrected chi connectivity index (χ3v) is 10.1. The number of nitrogens with one attached hydrogen (secondary N) is 1. The fourth-order valence-corrected chi connectivity index (χ4v) is 7.46. The minimum atomic E-state index is -4.18. The number of sulfonamides is 2. The zero-order chi connectivity index (χ0) is 26.2. The third-order valence-electron chi connectivity index (χ3n) is 6.40. The van der Waals surface area contributed by atoms with Crippen molar-refractivity contribution in [3.05, 3.63) is 48.0 Å². The van der Waals surface area contributed by atoms with Crippen LogP contribution in [0.5, 0.6) is 0 Å². The number of morpholine rings is 2. The van der Waals surface area contributed by atoms with Gasteiger partial charge >= 0.3 is 0 Å². The van der Waals surface area contributed by atoms with Crippen LogP contribution in [0.15, 0.2) is 52.3 Å². The van der Waals surface area contributed by atoms with Gasteiger partial charge in [-0.25, -0.2) is 21.1 Å². The van der Waals surface area contributed by atoms with Crippen molar-refractivity contribution in [2.75, 3.05) is 69.4 Å². The number of hydrogen-bond acceptors (Lipinski definition) is 9. The second kappa shape index (κ2) is 10.0. The summed E-state index contributed by atoms with van der Waals surface area (Å²) in [6.07, 6.45) is 0. The molecule has 14 heteroatoms. The van der Waals surface area contributed by atoms with Crippen LogP contribution in [0.3, 0.4) is 0 Å². The van der Waals surface area contributed by atoms with E-state index in [0.717, 1.165) is 0 Å². The highest BCUT2D eigenvalue weighted by Crippen LogP contribution is 2.33. The zero-order valence-electron chi connectivity index (χ0n) is 19.8. The average molecular weight is 551 g/mol. The number of nitrogens with zero attached hydrogens (tertiary/aromatic N) is 3. The third kappa shape index (κ3) is 4.82. The number of amides is 2. The van der Waals surface area contributed by atoms with Gasteiger partial charge in [-0.15, -0.1) is 0 Å². The van der Waals surface area contributed by atoms with Crippen LogP contribution in [-0.4, -0.2) is 96.4 Å². The number of carbonyl (C=O) groups excluding carboxylic acids is 2. The molecule has 2 saturated heterocycles. The van der Waals surface area contributed by atoms with Gasteiger partial charge in [-0.05, 0) is 30.3 Å². The standard InChI is InChI=1S/C23H26N4O8S2/c28-22(16-27-23(29)18-3-1-2-4-21(18)37(27,32)33)24-19-15-17(36(30,31)26-9-13-35-14-10-26)5-6-20(19)25-7-11-34-12-8-25/h1-6,15H,7-14,16H2,(H,24,28). The number of hydrogen-bond donors (Lipinski definition) is 1. The van der Waals surface area contributed by atoms with E-state index < -0.39 is 38.4 Å². The van der Waals surface area contributed by atoms with Crippen LogP contribution < -0.4 is 10.2 Å². The molecule has 0 spiro atoms. The average Bonchev–Trinajstić information content (AvgIpc) is 3.10. The van der Waals surface area contributed by atoms with Crippen LogP contribution in [0.1, 0.15) is 10.4 Å². The minimum Gasteiger partial charge on any atom is -0.379 e. The maximum atomic E-state index is 13.2. The number of fused-ring (bicyclic) bond motifs is 1. The van der Waals surface area contributed by atoms with E-state index in [4.69, 9.17) is 9.47 Å². The second-order valence-electron chi connectivity index (χ2n) is 8.66. The highest BCUT2D eigenvalue weighted by Gasteiger charge is 2.42. The lowest BCUT2D eigenvalue weighted by Gasteiger charge is -2.31. The smallest absolute Gasteiger partial charge is 0.269 e. The summed E-state index contributed by atoms with van der Waals surface area (Å²) in [5.41, 5.74) is 0.766. The van der Waals surface area contributed by atoms with Gasteiger partial charge in [-0.2, -0.15) is 4.31 Å². The van der Waals surface area contributed by atoms with E-state index >= 15 is 0 Å². The summed E-state index contributed by atoms with van der Waals surface area (Å²) >= 11 is 0. The van der Waals surface area contributed by atoms with Crippen LogP contribution in [0, 0.1) is 0 Å². The molecule has 3 aliphatic rings.